The van der Waals surface area contributed by atoms with E-state index < -0.39 is 0 Å². The fourth-order valence-electron chi connectivity index (χ4n) is 2.27. The van der Waals surface area contributed by atoms with Crippen LogP contribution in [0.2, 0.25) is 0 Å². The van der Waals surface area contributed by atoms with Crippen LogP contribution in [-0.4, -0.2) is 18.8 Å². The smallest absolute Gasteiger partial charge is 0.161 e. The molecule has 0 amide bonds. The van der Waals surface area contributed by atoms with Crippen LogP contribution in [0.25, 0.3) is 0 Å². The van der Waals surface area contributed by atoms with Gasteiger partial charge in [-0.15, -0.1) is 0 Å². The van der Waals surface area contributed by atoms with Crippen molar-refractivity contribution < 1.29 is 9.47 Å². The molecule has 2 aromatic rings. The van der Waals surface area contributed by atoms with E-state index in [1.807, 2.05) is 12.1 Å². The molecule has 0 aliphatic heterocycles. The van der Waals surface area contributed by atoms with E-state index in [1.54, 1.807) is 14.2 Å². The molecule has 0 saturated carbocycles. The molecule has 0 aliphatic carbocycles. The molecule has 1 heterocycles. The van der Waals surface area contributed by atoms with Crippen molar-refractivity contribution in [1.29, 1.82) is 0 Å². The summed E-state index contributed by atoms with van der Waals surface area (Å²) in [4.78, 5) is 0. The van der Waals surface area contributed by atoms with Gasteiger partial charge in [0.15, 0.2) is 11.5 Å². The summed E-state index contributed by atoms with van der Waals surface area (Å²) in [5, 5.41) is 0. The number of ether oxygens (including phenoxy) is 2. The minimum Gasteiger partial charge on any atom is -0.493 e. The Balaban J connectivity index is 2.30. The van der Waals surface area contributed by atoms with Crippen LogP contribution in [0.5, 0.6) is 11.5 Å². The molecule has 0 atom stereocenters. The summed E-state index contributed by atoms with van der Waals surface area (Å²) in [6, 6.07) is 6.06. The zero-order valence-corrected chi connectivity index (χ0v) is 12.3. The van der Waals surface area contributed by atoms with E-state index in [-0.39, 0.29) is 0 Å². The first kappa shape index (κ1) is 13.5. The summed E-state index contributed by atoms with van der Waals surface area (Å²) in [6.07, 6.45) is 2.20. The molecule has 0 fully saturated rings. The molecule has 0 saturated heterocycles. The molecule has 1 aromatic carbocycles. The van der Waals surface area contributed by atoms with E-state index in [9.17, 15) is 0 Å². The second-order valence-corrected chi connectivity index (χ2v) is 4.84. The van der Waals surface area contributed by atoms with Crippen molar-refractivity contribution in [1.82, 2.24) is 4.57 Å². The number of nitrogens with zero attached hydrogens (tertiary/aromatic N) is 1. The van der Waals surface area contributed by atoms with Crippen LogP contribution >= 0.6 is 0 Å². The first-order valence-electron chi connectivity index (χ1n) is 6.40. The highest BCUT2D eigenvalue weighted by molar-refractivity contribution is 5.43. The second kappa shape index (κ2) is 5.39. The molecule has 0 unspecified atom stereocenters. The van der Waals surface area contributed by atoms with Crippen molar-refractivity contribution in [3.63, 3.8) is 0 Å². The van der Waals surface area contributed by atoms with Gasteiger partial charge >= 0.3 is 0 Å². The Bertz CT molecular complexity index is 585. The van der Waals surface area contributed by atoms with Gasteiger partial charge in [-0.05, 0) is 49.6 Å². The lowest BCUT2D eigenvalue weighted by molar-refractivity contribution is 0.354. The topological polar surface area (TPSA) is 23.4 Å². The quantitative estimate of drug-likeness (QED) is 0.839. The molecule has 2 rings (SSSR count). The molecule has 1 aromatic heterocycles. The van der Waals surface area contributed by atoms with Crippen LogP contribution in [0.4, 0.5) is 0 Å². The van der Waals surface area contributed by atoms with Gasteiger partial charge in [0.2, 0.25) is 0 Å². The third kappa shape index (κ3) is 2.60. The first-order chi connectivity index (χ1) is 9.06. The maximum atomic E-state index is 5.34. The molecular formula is C16H21NO2. The highest BCUT2D eigenvalue weighted by Crippen LogP contribution is 2.28. The Kier molecular flexibility index (Phi) is 3.84. The maximum Gasteiger partial charge on any atom is 0.161 e. The van der Waals surface area contributed by atoms with Crippen molar-refractivity contribution in [3.8, 4) is 11.5 Å². The minimum absolute atomic E-state index is 0.767. The standard InChI is InChI=1S/C16H21NO2/c1-11-9-17(13(3)12(11)2)10-14-6-7-15(18-4)16(8-14)19-5/h6-9H,10H2,1-5H3. The van der Waals surface area contributed by atoms with Crippen LogP contribution in [0.3, 0.4) is 0 Å². The Morgan fingerprint density at radius 2 is 1.68 bits per heavy atom. The van der Waals surface area contributed by atoms with Gasteiger partial charge in [0.05, 0.1) is 14.2 Å². The molecule has 19 heavy (non-hydrogen) atoms. The fraction of sp³-hybridized carbons (Fsp3) is 0.375. The van der Waals surface area contributed by atoms with Crippen molar-refractivity contribution >= 4 is 0 Å². The van der Waals surface area contributed by atoms with Gasteiger partial charge in [0.25, 0.3) is 0 Å². The van der Waals surface area contributed by atoms with E-state index in [1.165, 1.54) is 22.4 Å². The number of hydrogen-bond acceptors (Lipinski definition) is 2. The summed E-state index contributed by atoms with van der Waals surface area (Å²) in [7, 11) is 3.32. The molecule has 102 valence electrons. The number of hydrogen-bond donors (Lipinski definition) is 0. The zero-order valence-electron chi connectivity index (χ0n) is 12.3. The van der Waals surface area contributed by atoms with E-state index >= 15 is 0 Å². The van der Waals surface area contributed by atoms with Gasteiger partial charge in [-0.2, -0.15) is 0 Å². The Morgan fingerprint density at radius 1 is 1.00 bits per heavy atom. The van der Waals surface area contributed by atoms with Gasteiger partial charge in [-0.1, -0.05) is 6.07 Å². The first-order valence-corrected chi connectivity index (χ1v) is 6.40. The number of rotatable bonds is 4. The summed E-state index contributed by atoms with van der Waals surface area (Å²) in [6.45, 7) is 7.31. The molecule has 0 aliphatic rings. The number of benzene rings is 1. The van der Waals surface area contributed by atoms with Gasteiger partial charge in [-0.25, -0.2) is 0 Å². The third-order valence-electron chi connectivity index (χ3n) is 3.72. The number of methoxy groups -OCH3 is 2. The predicted molar refractivity (Wildman–Crippen MR) is 77.3 cm³/mol. The molecule has 0 spiro atoms. The minimum atomic E-state index is 0.767. The summed E-state index contributed by atoms with van der Waals surface area (Å²) in [5.41, 5.74) is 5.21. The second-order valence-electron chi connectivity index (χ2n) is 4.84. The maximum absolute atomic E-state index is 5.34. The highest BCUT2D eigenvalue weighted by atomic mass is 16.5. The van der Waals surface area contributed by atoms with Crippen molar-refractivity contribution in [2.75, 3.05) is 14.2 Å². The van der Waals surface area contributed by atoms with Crippen LogP contribution < -0.4 is 9.47 Å². The molecule has 0 radical (unpaired) electrons. The van der Waals surface area contributed by atoms with Crippen molar-refractivity contribution in [3.05, 3.63) is 46.8 Å². The van der Waals surface area contributed by atoms with E-state index in [2.05, 4.69) is 37.6 Å². The van der Waals surface area contributed by atoms with Gasteiger partial charge in [0.1, 0.15) is 0 Å². The lowest BCUT2D eigenvalue weighted by atomic mass is 10.2. The molecular weight excluding hydrogens is 238 g/mol. The largest absolute Gasteiger partial charge is 0.493 e. The predicted octanol–water partition coefficient (Wildman–Crippen LogP) is 3.48. The van der Waals surface area contributed by atoms with E-state index in [0.717, 1.165) is 18.0 Å². The van der Waals surface area contributed by atoms with E-state index in [0.29, 0.717) is 0 Å². The molecule has 3 heteroatoms. The lowest BCUT2D eigenvalue weighted by Crippen LogP contribution is -2.01. The molecule has 3 nitrogen and oxygen atoms in total. The van der Waals surface area contributed by atoms with Crippen LogP contribution in [0.1, 0.15) is 22.4 Å². The summed E-state index contributed by atoms with van der Waals surface area (Å²) < 4.78 is 12.9. The average Bonchev–Trinajstić information content (AvgIpc) is 2.66. The average molecular weight is 259 g/mol. The van der Waals surface area contributed by atoms with Crippen LogP contribution in [0, 0.1) is 20.8 Å². The number of aromatic nitrogens is 1. The third-order valence-corrected chi connectivity index (χ3v) is 3.72. The van der Waals surface area contributed by atoms with Gasteiger partial charge in [0, 0.05) is 18.4 Å². The lowest BCUT2D eigenvalue weighted by Gasteiger charge is -2.11. The fourth-order valence-corrected chi connectivity index (χ4v) is 2.27. The SMILES string of the molecule is COc1ccc(Cn2cc(C)c(C)c2C)cc1OC. The summed E-state index contributed by atoms with van der Waals surface area (Å²) >= 11 is 0. The van der Waals surface area contributed by atoms with Crippen LogP contribution in [0.15, 0.2) is 24.4 Å². The Morgan fingerprint density at radius 3 is 2.21 bits per heavy atom. The monoisotopic (exact) mass is 259 g/mol. The summed E-state index contributed by atoms with van der Waals surface area (Å²) in [5.74, 6) is 1.54. The normalized spacial score (nSPS) is 10.6. The van der Waals surface area contributed by atoms with Gasteiger partial charge in [-0.3, -0.25) is 0 Å². The Labute approximate surface area is 114 Å². The van der Waals surface area contributed by atoms with E-state index in [4.69, 9.17) is 9.47 Å². The van der Waals surface area contributed by atoms with Crippen molar-refractivity contribution in [2.45, 2.75) is 27.3 Å². The highest BCUT2D eigenvalue weighted by Gasteiger charge is 2.08. The number of aryl methyl sites for hydroxylation is 1. The molecule has 0 bridgehead atoms. The molecule has 0 N–H and O–H groups in total. The zero-order chi connectivity index (χ0) is 14.0. The van der Waals surface area contributed by atoms with Crippen LogP contribution in [-0.2, 0) is 6.54 Å². The van der Waals surface area contributed by atoms with Crippen molar-refractivity contribution in [2.24, 2.45) is 0 Å². The Hall–Kier alpha value is -1.90. The van der Waals surface area contributed by atoms with Gasteiger partial charge < -0.3 is 14.0 Å².